The number of allylic oxidation sites excluding steroid dienone is 3. The molecular formula is C11H18N2. The van der Waals surface area contributed by atoms with Gasteiger partial charge in [0.2, 0.25) is 0 Å². The number of nitrogens with one attached hydrogen (secondary N) is 2. The average Bonchev–Trinajstić information content (AvgIpc) is 2.60. The zero-order valence-corrected chi connectivity index (χ0v) is 8.27. The smallest absolute Gasteiger partial charge is 0.0850 e. The van der Waals surface area contributed by atoms with E-state index in [1.165, 1.54) is 12.8 Å². The molecule has 72 valence electrons. The first-order valence-corrected chi connectivity index (χ1v) is 4.89. The number of rotatable bonds is 5. The van der Waals surface area contributed by atoms with E-state index in [0.717, 1.165) is 24.5 Å². The lowest BCUT2D eigenvalue weighted by Crippen LogP contribution is -2.14. The Balaban J connectivity index is 2.42. The lowest BCUT2D eigenvalue weighted by Gasteiger charge is -1.95. The molecule has 0 radical (unpaired) electrons. The minimum Gasteiger partial charge on any atom is -0.366 e. The van der Waals surface area contributed by atoms with E-state index >= 15 is 0 Å². The van der Waals surface area contributed by atoms with Gasteiger partial charge >= 0.3 is 0 Å². The maximum atomic E-state index is 3.74. The van der Waals surface area contributed by atoms with E-state index < -0.39 is 0 Å². The van der Waals surface area contributed by atoms with Gasteiger partial charge in [0.15, 0.2) is 0 Å². The molecule has 0 spiro atoms. The van der Waals surface area contributed by atoms with Crippen LogP contribution in [0.3, 0.4) is 0 Å². The predicted octanol–water partition coefficient (Wildman–Crippen LogP) is 2.28. The minimum atomic E-state index is 0.814. The van der Waals surface area contributed by atoms with Crippen molar-refractivity contribution >= 4 is 0 Å². The second kappa shape index (κ2) is 5.46. The van der Waals surface area contributed by atoms with Crippen molar-refractivity contribution in [1.29, 1.82) is 0 Å². The maximum absolute atomic E-state index is 3.74. The van der Waals surface area contributed by atoms with Crippen LogP contribution in [0.5, 0.6) is 0 Å². The molecule has 2 heteroatoms. The summed E-state index contributed by atoms with van der Waals surface area (Å²) in [5.41, 5.74) is 2.26. The molecule has 0 saturated carbocycles. The topological polar surface area (TPSA) is 24.1 Å². The van der Waals surface area contributed by atoms with E-state index in [9.17, 15) is 0 Å². The Labute approximate surface area is 80.4 Å². The first kappa shape index (κ1) is 9.90. The van der Waals surface area contributed by atoms with Crippen molar-refractivity contribution in [2.45, 2.75) is 26.2 Å². The largest absolute Gasteiger partial charge is 0.366 e. The van der Waals surface area contributed by atoms with Crippen molar-refractivity contribution in [3.05, 3.63) is 36.2 Å². The quantitative estimate of drug-likeness (QED) is 0.631. The molecule has 1 aliphatic heterocycles. The van der Waals surface area contributed by atoms with Gasteiger partial charge in [0.1, 0.15) is 0 Å². The van der Waals surface area contributed by atoms with Crippen molar-refractivity contribution in [2.24, 2.45) is 0 Å². The standard InChI is InChI=1S/C11H18N2/c1-3-5-6-7-8-11-10(4-2)12-9-13-11/h4,7-8,12-13H,2-3,5-6,9H2,1H3/b8-7+. The molecular weight excluding hydrogens is 160 g/mol. The summed E-state index contributed by atoms with van der Waals surface area (Å²) in [6, 6.07) is 0. The van der Waals surface area contributed by atoms with Gasteiger partial charge in [-0.2, -0.15) is 0 Å². The minimum absolute atomic E-state index is 0.814. The molecule has 1 aliphatic rings. The predicted molar refractivity (Wildman–Crippen MR) is 57.0 cm³/mol. The third-order valence-corrected chi connectivity index (χ3v) is 2.06. The Morgan fingerprint density at radius 3 is 2.85 bits per heavy atom. The van der Waals surface area contributed by atoms with E-state index in [1.807, 2.05) is 6.08 Å². The third-order valence-electron chi connectivity index (χ3n) is 2.06. The molecule has 0 atom stereocenters. The van der Waals surface area contributed by atoms with Crippen LogP contribution in [0, 0.1) is 0 Å². The lowest BCUT2D eigenvalue weighted by atomic mass is 10.2. The van der Waals surface area contributed by atoms with E-state index in [0.29, 0.717) is 0 Å². The fourth-order valence-electron chi connectivity index (χ4n) is 1.28. The zero-order valence-electron chi connectivity index (χ0n) is 8.27. The summed E-state index contributed by atoms with van der Waals surface area (Å²) >= 11 is 0. The Bertz CT molecular complexity index is 226. The number of unbranched alkanes of at least 4 members (excludes halogenated alkanes) is 2. The van der Waals surface area contributed by atoms with Crippen LogP contribution in [-0.2, 0) is 0 Å². The van der Waals surface area contributed by atoms with Gasteiger partial charge in [-0.1, -0.05) is 32.4 Å². The fourth-order valence-corrected chi connectivity index (χ4v) is 1.28. The van der Waals surface area contributed by atoms with Crippen LogP contribution in [0.4, 0.5) is 0 Å². The van der Waals surface area contributed by atoms with Crippen molar-refractivity contribution in [3.63, 3.8) is 0 Å². The van der Waals surface area contributed by atoms with Gasteiger partial charge < -0.3 is 10.6 Å². The van der Waals surface area contributed by atoms with Crippen molar-refractivity contribution in [2.75, 3.05) is 6.67 Å². The van der Waals surface area contributed by atoms with Crippen molar-refractivity contribution in [1.82, 2.24) is 10.6 Å². The van der Waals surface area contributed by atoms with Crippen LogP contribution in [0.15, 0.2) is 36.2 Å². The van der Waals surface area contributed by atoms with Gasteiger partial charge in [0.25, 0.3) is 0 Å². The van der Waals surface area contributed by atoms with Crippen LogP contribution in [0.2, 0.25) is 0 Å². The van der Waals surface area contributed by atoms with Crippen LogP contribution < -0.4 is 10.6 Å². The summed E-state index contributed by atoms with van der Waals surface area (Å²) in [7, 11) is 0. The molecule has 0 aromatic carbocycles. The molecule has 13 heavy (non-hydrogen) atoms. The van der Waals surface area contributed by atoms with E-state index in [4.69, 9.17) is 0 Å². The first-order chi connectivity index (χ1) is 6.38. The Kier molecular flexibility index (Phi) is 4.16. The van der Waals surface area contributed by atoms with E-state index in [1.54, 1.807) is 0 Å². The summed E-state index contributed by atoms with van der Waals surface area (Å²) in [6.45, 7) is 6.76. The molecule has 0 aromatic rings. The van der Waals surface area contributed by atoms with E-state index in [-0.39, 0.29) is 0 Å². The Morgan fingerprint density at radius 1 is 1.38 bits per heavy atom. The maximum Gasteiger partial charge on any atom is 0.0850 e. The Hall–Kier alpha value is -1.18. The van der Waals surface area contributed by atoms with Gasteiger partial charge in [-0.25, -0.2) is 0 Å². The molecule has 1 rings (SSSR count). The SMILES string of the molecule is C=CC1=C(/C=C/CCCC)NCN1. The fraction of sp³-hybridized carbons (Fsp3) is 0.455. The third kappa shape index (κ3) is 2.98. The molecule has 1 heterocycles. The molecule has 0 fully saturated rings. The van der Waals surface area contributed by atoms with Gasteiger partial charge in [0.05, 0.1) is 18.1 Å². The molecule has 2 nitrogen and oxygen atoms in total. The van der Waals surface area contributed by atoms with Gasteiger partial charge in [-0.15, -0.1) is 0 Å². The van der Waals surface area contributed by atoms with Gasteiger partial charge in [-0.05, 0) is 18.6 Å². The summed E-state index contributed by atoms with van der Waals surface area (Å²) in [4.78, 5) is 0. The van der Waals surface area contributed by atoms with Crippen molar-refractivity contribution in [3.8, 4) is 0 Å². The highest BCUT2D eigenvalue weighted by Crippen LogP contribution is 2.07. The molecule has 0 aliphatic carbocycles. The van der Waals surface area contributed by atoms with Crippen LogP contribution in [0.1, 0.15) is 26.2 Å². The van der Waals surface area contributed by atoms with Crippen LogP contribution in [0.25, 0.3) is 0 Å². The van der Waals surface area contributed by atoms with E-state index in [2.05, 4.69) is 36.3 Å². The Morgan fingerprint density at radius 2 is 2.15 bits per heavy atom. The summed E-state index contributed by atoms with van der Waals surface area (Å²) in [6.07, 6.45) is 9.87. The summed E-state index contributed by atoms with van der Waals surface area (Å²) in [5.74, 6) is 0. The van der Waals surface area contributed by atoms with Crippen LogP contribution >= 0.6 is 0 Å². The van der Waals surface area contributed by atoms with Crippen LogP contribution in [-0.4, -0.2) is 6.67 Å². The second-order valence-electron chi connectivity index (χ2n) is 3.11. The molecule has 0 bridgehead atoms. The normalized spacial score (nSPS) is 16.1. The van der Waals surface area contributed by atoms with Crippen molar-refractivity contribution < 1.29 is 0 Å². The van der Waals surface area contributed by atoms with Gasteiger partial charge in [-0.3, -0.25) is 0 Å². The number of hydrogen-bond acceptors (Lipinski definition) is 2. The monoisotopic (exact) mass is 178 g/mol. The zero-order chi connectivity index (χ0) is 9.52. The molecule has 0 amide bonds. The van der Waals surface area contributed by atoms with Gasteiger partial charge in [0, 0.05) is 0 Å². The lowest BCUT2D eigenvalue weighted by molar-refractivity contribution is 0.804. The highest BCUT2D eigenvalue weighted by Gasteiger charge is 2.05. The highest BCUT2D eigenvalue weighted by molar-refractivity contribution is 5.32. The molecule has 2 N–H and O–H groups in total. The number of hydrogen-bond donors (Lipinski definition) is 2. The summed E-state index contributed by atoms with van der Waals surface area (Å²) in [5, 5.41) is 6.44. The average molecular weight is 178 g/mol. The molecule has 0 saturated heterocycles. The first-order valence-electron chi connectivity index (χ1n) is 4.89. The highest BCUT2D eigenvalue weighted by atomic mass is 15.1. The molecule has 0 aromatic heterocycles. The summed E-state index contributed by atoms with van der Waals surface area (Å²) < 4.78 is 0. The second-order valence-corrected chi connectivity index (χ2v) is 3.11. The molecule has 0 unspecified atom stereocenters.